The molecule has 13 heteroatoms. The number of ether oxygens (including phenoxy) is 1. The van der Waals surface area contributed by atoms with Gasteiger partial charge in [0.15, 0.2) is 0 Å². The largest absolute Gasteiger partial charge is 0.491 e. The molecule has 0 radical (unpaired) electrons. The molecule has 1 aliphatic rings. The summed E-state index contributed by atoms with van der Waals surface area (Å²) < 4.78 is 44.7. The summed E-state index contributed by atoms with van der Waals surface area (Å²) in [5, 5.41) is 21.0. The van der Waals surface area contributed by atoms with E-state index in [1.54, 1.807) is 12.1 Å². The molecule has 8 nitrogen and oxygen atoms in total. The highest BCUT2D eigenvalue weighted by atomic mass is 35.5. The van der Waals surface area contributed by atoms with Crippen LogP contribution in [0, 0.1) is 16.0 Å². The van der Waals surface area contributed by atoms with Gasteiger partial charge in [0.2, 0.25) is 0 Å². The molecule has 0 bridgehead atoms. The summed E-state index contributed by atoms with van der Waals surface area (Å²) in [6.07, 6.45) is 3.57. The first-order valence-corrected chi connectivity index (χ1v) is 13.6. The Morgan fingerprint density at radius 3 is 2.41 bits per heavy atom. The topological polar surface area (TPSA) is 93.7 Å². The number of nitrogens with zero attached hydrogens (tertiary/aromatic N) is 4. The summed E-state index contributed by atoms with van der Waals surface area (Å²) in [7, 11) is 0. The summed E-state index contributed by atoms with van der Waals surface area (Å²) in [6, 6.07) is 14.3. The predicted octanol–water partition coefficient (Wildman–Crippen LogP) is 6.35. The molecule has 4 rings (SSSR count). The molecule has 1 fully saturated rings. The molecule has 210 valence electrons. The zero-order chi connectivity index (χ0) is 28.0. The molecule has 1 unspecified atom stereocenters. The van der Waals surface area contributed by atoms with Crippen molar-refractivity contribution in [1.29, 1.82) is 0 Å². The van der Waals surface area contributed by atoms with Crippen LogP contribution < -0.4 is 9.64 Å². The molecule has 0 saturated carbocycles. The zero-order valence-electron chi connectivity index (χ0n) is 20.9. The normalized spacial score (nSPS) is 15.4. The number of halogens is 4. The molecule has 0 aliphatic carbocycles. The van der Waals surface area contributed by atoms with E-state index < -0.39 is 16.5 Å². The van der Waals surface area contributed by atoms with Gasteiger partial charge in [-0.05, 0) is 107 Å². The lowest BCUT2D eigenvalue weighted by molar-refractivity contribution is -0.389. The predicted molar refractivity (Wildman–Crippen MR) is 143 cm³/mol. The summed E-state index contributed by atoms with van der Waals surface area (Å²) in [5.74, 6) is 0.762. The fourth-order valence-electron chi connectivity index (χ4n) is 4.50. The summed E-state index contributed by atoms with van der Waals surface area (Å²) >= 11 is 5.80. The molecule has 1 aromatic heterocycles. The van der Waals surface area contributed by atoms with Crippen molar-refractivity contribution in [3.05, 3.63) is 75.7 Å². The second-order valence-electron chi connectivity index (χ2n) is 9.39. The maximum Gasteiger partial charge on any atom is 0.446 e. The smallest absolute Gasteiger partial charge is 0.446 e. The van der Waals surface area contributed by atoms with E-state index in [0.29, 0.717) is 11.7 Å². The van der Waals surface area contributed by atoms with Crippen molar-refractivity contribution >= 4 is 34.9 Å². The quantitative estimate of drug-likeness (QED) is 0.159. The Kier molecular flexibility index (Phi) is 9.62. The zero-order valence-corrected chi connectivity index (χ0v) is 22.5. The van der Waals surface area contributed by atoms with E-state index in [-0.39, 0.29) is 47.3 Å². The molecule has 0 spiro atoms. The van der Waals surface area contributed by atoms with E-state index in [2.05, 4.69) is 9.88 Å². The van der Waals surface area contributed by atoms with Crippen molar-refractivity contribution in [3.8, 4) is 5.75 Å². The Morgan fingerprint density at radius 2 is 1.82 bits per heavy atom. The van der Waals surface area contributed by atoms with Crippen molar-refractivity contribution in [2.45, 2.75) is 48.7 Å². The number of hydrogen-bond donors (Lipinski definition) is 1. The van der Waals surface area contributed by atoms with Gasteiger partial charge in [-0.3, -0.25) is 4.57 Å². The van der Waals surface area contributed by atoms with E-state index in [1.165, 1.54) is 22.9 Å². The van der Waals surface area contributed by atoms with Crippen LogP contribution in [0.15, 0.2) is 59.6 Å². The maximum absolute atomic E-state index is 12.5. The SMILES string of the molecule is O=[N+]([O-])c1cn(CCC(O)COc2ccc(N3CCC(Cc4ccc(SC(F)(F)F)cc4)CC3)cc2)c(Cl)n1. The average molecular weight is 585 g/mol. The molecule has 2 heterocycles. The number of benzene rings is 2. The number of imidazole rings is 1. The number of aliphatic hydroxyl groups is 1. The van der Waals surface area contributed by atoms with Gasteiger partial charge in [-0.1, -0.05) is 12.1 Å². The van der Waals surface area contributed by atoms with E-state index in [4.69, 9.17) is 16.3 Å². The van der Waals surface area contributed by atoms with Crippen molar-refractivity contribution in [1.82, 2.24) is 9.55 Å². The lowest BCUT2D eigenvalue weighted by Gasteiger charge is -2.33. The third-order valence-electron chi connectivity index (χ3n) is 6.55. The number of thioether (sulfide) groups is 1. The third kappa shape index (κ3) is 8.77. The van der Waals surface area contributed by atoms with Crippen LogP contribution >= 0.6 is 23.4 Å². The van der Waals surface area contributed by atoms with E-state index in [0.717, 1.165) is 43.6 Å². The maximum atomic E-state index is 12.5. The van der Waals surface area contributed by atoms with Gasteiger partial charge < -0.3 is 24.9 Å². The Hall–Kier alpha value is -2.96. The van der Waals surface area contributed by atoms with Crippen LogP contribution in [-0.2, 0) is 13.0 Å². The molecule has 1 saturated heterocycles. The number of hydrogen-bond acceptors (Lipinski definition) is 7. The van der Waals surface area contributed by atoms with Gasteiger partial charge in [-0.15, -0.1) is 0 Å². The molecular weight excluding hydrogens is 557 g/mol. The number of aliphatic hydroxyl groups excluding tert-OH is 1. The standard InChI is InChI=1S/C26H28ClF3N4O4S/c27-25-31-24(34(36)37)16-33(25)14-11-21(35)17-38-22-5-3-20(4-6-22)32-12-9-19(10-13-32)15-18-1-7-23(8-2-18)39-26(28,29)30/h1-8,16,19,21,35H,9-15,17H2. The van der Waals surface area contributed by atoms with Crippen LogP contribution in [0.25, 0.3) is 0 Å². The molecule has 2 aromatic carbocycles. The van der Waals surface area contributed by atoms with Gasteiger partial charge in [-0.2, -0.15) is 13.2 Å². The summed E-state index contributed by atoms with van der Waals surface area (Å²) in [6.45, 7) is 2.11. The molecule has 39 heavy (non-hydrogen) atoms. The Bertz CT molecular complexity index is 1230. The number of anilines is 1. The highest BCUT2D eigenvalue weighted by molar-refractivity contribution is 8.00. The molecule has 1 aliphatic heterocycles. The van der Waals surface area contributed by atoms with Gasteiger partial charge >= 0.3 is 16.6 Å². The minimum Gasteiger partial charge on any atom is -0.491 e. The Morgan fingerprint density at radius 1 is 1.15 bits per heavy atom. The molecule has 1 atom stereocenters. The summed E-state index contributed by atoms with van der Waals surface area (Å²) in [4.78, 5) is 16.3. The average Bonchev–Trinajstić information content (AvgIpc) is 3.28. The van der Waals surface area contributed by atoms with Crippen molar-refractivity contribution < 1.29 is 27.9 Å². The van der Waals surface area contributed by atoms with Gasteiger partial charge in [0.1, 0.15) is 18.6 Å². The lowest BCUT2D eigenvalue weighted by atomic mass is 9.90. The number of aryl methyl sites for hydroxylation is 1. The van der Waals surface area contributed by atoms with E-state index in [1.807, 2.05) is 24.3 Å². The van der Waals surface area contributed by atoms with Crippen LogP contribution in [0.2, 0.25) is 5.28 Å². The Balaban J connectivity index is 1.18. The van der Waals surface area contributed by atoms with Gasteiger partial charge in [-0.25, -0.2) is 0 Å². The second kappa shape index (κ2) is 12.9. The van der Waals surface area contributed by atoms with Crippen LogP contribution in [0.1, 0.15) is 24.8 Å². The lowest BCUT2D eigenvalue weighted by Crippen LogP contribution is -2.34. The highest BCUT2D eigenvalue weighted by Gasteiger charge is 2.29. The fourth-order valence-corrected chi connectivity index (χ4v) is 5.26. The third-order valence-corrected chi connectivity index (χ3v) is 7.59. The summed E-state index contributed by atoms with van der Waals surface area (Å²) in [5.41, 5.74) is -2.14. The van der Waals surface area contributed by atoms with Crippen LogP contribution in [0.4, 0.5) is 24.7 Å². The fraction of sp³-hybridized carbons (Fsp3) is 0.423. The van der Waals surface area contributed by atoms with Crippen molar-refractivity contribution in [2.24, 2.45) is 5.92 Å². The van der Waals surface area contributed by atoms with Crippen molar-refractivity contribution in [3.63, 3.8) is 0 Å². The highest BCUT2D eigenvalue weighted by Crippen LogP contribution is 2.37. The first kappa shape index (κ1) is 29.0. The number of nitro groups is 1. The number of alkyl halides is 3. The van der Waals surface area contributed by atoms with Gasteiger partial charge in [0.25, 0.3) is 0 Å². The number of aromatic nitrogens is 2. The van der Waals surface area contributed by atoms with Gasteiger partial charge in [0, 0.05) is 30.2 Å². The second-order valence-corrected chi connectivity index (χ2v) is 10.9. The number of rotatable bonds is 11. The first-order chi connectivity index (χ1) is 18.6. The van der Waals surface area contributed by atoms with E-state index in [9.17, 15) is 28.4 Å². The van der Waals surface area contributed by atoms with Gasteiger partial charge in [0.05, 0.1) is 6.10 Å². The van der Waals surface area contributed by atoms with E-state index >= 15 is 0 Å². The minimum absolute atomic E-state index is 0.00728. The first-order valence-electron chi connectivity index (χ1n) is 12.4. The molecule has 0 amide bonds. The van der Waals surface area contributed by atoms with Crippen LogP contribution in [0.5, 0.6) is 5.75 Å². The van der Waals surface area contributed by atoms with Crippen LogP contribution in [-0.4, -0.2) is 50.9 Å². The Labute approximate surface area is 232 Å². The van der Waals surface area contributed by atoms with Crippen molar-refractivity contribution in [2.75, 3.05) is 24.6 Å². The monoisotopic (exact) mass is 584 g/mol. The molecule has 1 N–H and O–H groups in total. The minimum atomic E-state index is -4.27. The van der Waals surface area contributed by atoms with Crippen LogP contribution in [0.3, 0.4) is 0 Å². The number of piperidine rings is 1. The molecular formula is C26H28ClF3N4O4S. The molecule has 3 aromatic rings.